The van der Waals surface area contributed by atoms with Gasteiger partial charge in [-0.2, -0.15) is 0 Å². The van der Waals surface area contributed by atoms with Crippen molar-refractivity contribution in [2.75, 3.05) is 13.2 Å². The minimum absolute atomic E-state index is 0.110. The lowest BCUT2D eigenvalue weighted by Gasteiger charge is -2.23. The topological polar surface area (TPSA) is 59.5 Å². The molecule has 1 aliphatic heterocycles. The second kappa shape index (κ2) is 5.81. The Morgan fingerprint density at radius 3 is 3.14 bits per heavy atom. The number of fused-ring (bicyclic) bond motifs is 1. The molecule has 5 nitrogen and oxygen atoms in total. The minimum atomic E-state index is -0.449. The summed E-state index contributed by atoms with van der Waals surface area (Å²) in [6, 6.07) is 5.00. The fourth-order valence-corrected chi connectivity index (χ4v) is 3.36. The van der Waals surface area contributed by atoms with Crippen LogP contribution in [0.4, 0.5) is 0 Å². The Morgan fingerprint density at radius 2 is 2.33 bits per heavy atom. The number of rotatable bonds is 3. The van der Waals surface area contributed by atoms with Crippen molar-refractivity contribution < 1.29 is 14.3 Å². The molecular formula is C15H16N2O3S. The van der Waals surface area contributed by atoms with Crippen LogP contribution in [0.5, 0.6) is 0 Å². The fourth-order valence-electron chi connectivity index (χ4n) is 2.65. The molecule has 1 fully saturated rings. The van der Waals surface area contributed by atoms with E-state index in [1.54, 1.807) is 23.4 Å². The molecule has 1 unspecified atom stereocenters. The molecule has 1 aromatic heterocycles. The van der Waals surface area contributed by atoms with Gasteiger partial charge in [-0.15, -0.1) is 11.3 Å². The smallest absolute Gasteiger partial charge is 0.328 e. The summed E-state index contributed by atoms with van der Waals surface area (Å²) >= 11 is 1.50. The Bertz CT molecular complexity index is 682. The molecule has 2 heterocycles. The minimum Gasteiger partial charge on any atom is -0.464 e. The molecule has 6 heteroatoms. The van der Waals surface area contributed by atoms with E-state index in [4.69, 9.17) is 4.74 Å². The van der Waals surface area contributed by atoms with Crippen molar-refractivity contribution in [1.82, 2.24) is 9.88 Å². The molecule has 0 saturated carbocycles. The van der Waals surface area contributed by atoms with Gasteiger partial charge in [0.2, 0.25) is 0 Å². The highest BCUT2D eigenvalue weighted by Gasteiger charge is 2.35. The van der Waals surface area contributed by atoms with Gasteiger partial charge in [-0.25, -0.2) is 9.78 Å². The van der Waals surface area contributed by atoms with E-state index in [-0.39, 0.29) is 11.9 Å². The van der Waals surface area contributed by atoms with Crippen LogP contribution in [-0.2, 0) is 9.53 Å². The number of amides is 1. The molecule has 1 amide bonds. The first kappa shape index (κ1) is 14.0. The van der Waals surface area contributed by atoms with Crippen LogP contribution in [0.3, 0.4) is 0 Å². The Labute approximate surface area is 126 Å². The van der Waals surface area contributed by atoms with Crippen LogP contribution < -0.4 is 0 Å². The van der Waals surface area contributed by atoms with Crippen molar-refractivity contribution in [2.45, 2.75) is 25.8 Å². The van der Waals surface area contributed by atoms with E-state index in [1.165, 1.54) is 11.3 Å². The van der Waals surface area contributed by atoms with Gasteiger partial charge in [0.05, 0.1) is 22.3 Å². The van der Waals surface area contributed by atoms with E-state index in [1.807, 2.05) is 12.1 Å². The monoisotopic (exact) mass is 304 g/mol. The molecule has 0 N–H and O–H groups in total. The highest BCUT2D eigenvalue weighted by Crippen LogP contribution is 2.24. The lowest BCUT2D eigenvalue weighted by atomic mass is 10.1. The average Bonchev–Trinajstić information content (AvgIpc) is 3.14. The highest BCUT2D eigenvalue weighted by molar-refractivity contribution is 7.16. The molecule has 3 rings (SSSR count). The summed E-state index contributed by atoms with van der Waals surface area (Å²) in [5.74, 6) is -0.414. The summed E-state index contributed by atoms with van der Waals surface area (Å²) in [7, 11) is 0. The maximum atomic E-state index is 12.6. The summed E-state index contributed by atoms with van der Waals surface area (Å²) in [6.45, 7) is 2.71. The SMILES string of the molecule is CCOC(=O)C1CCCN1C(=O)c1ccc2ncsc2c1. The first-order chi connectivity index (χ1) is 10.2. The van der Waals surface area contributed by atoms with Crippen molar-refractivity contribution in [3.05, 3.63) is 29.3 Å². The predicted octanol–water partition coefficient (Wildman–Crippen LogP) is 2.46. The van der Waals surface area contributed by atoms with Gasteiger partial charge in [0.15, 0.2) is 0 Å². The molecule has 0 radical (unpaired) electrons. The quantitative estimate of drug-likeness (QED) is 0.817. The summed E-state index contributed by atoms with van der Waals surface area (Å²) in [5, 5.41) is 0. The number of thiazole rings is 1. The molecule has 0 bridgehead atoms. The fraction of sp³-hybridized carbons (Fsp3) is 0.400. The first-order valence-electron chi connectivity index (χ1n) is 7.01. The second-order valence-electron chi connectivity index (χ2n) is 4.94. The van der Waals surface area contributed by atoms with Gasteiger partial charge in [-0.3, -0.25) is 4.79 Å². The lowest BCUT2D eigenvalue weighted by Crippen LogP contribution is -2.41. The van der Waals surface area contributed by atoms with Crippen molar-refractivity contribution >= 4 is 33.4 Å². The number of carbonyl (C=O) groups excluding carboxylic acids is 2. The maximum absolute atomic E-state index is 12.6. The van der Waals surface area contributed by atoms with Crippen molar-refractivity contribution in [1.29, 1.82) is 0 Å². The molecule has 0 spiro atoms. The predicted molar refractivity (Wildman–Crippen MR) is 80.3 cm³/mol. The van der Waals surface area contributed by atoms with Crippen LogP contribution in [0.1, 0.15) is 30.1 Å². The zero-order valence-corrected chi connectivity index (χ0v) is 12.6. The Hall–Kier alpha value is -1.95. The van der Waals surface area contributed by atoms with Crippen molar-refractivity contribution in [3.63, 3.8) is 0 Å². The number of nitrogens with zero attached hydrogens (tertiary/aromatic N) is 2. The zero-order chi connectivity index (χ0) is 14.8. The number of aromatic nitrogens is 1. The third-order valence-electron chi connectivity index (χ3n) is 3.65. The van der Waals surface area contributed by atoms with Crippen LogP contribution in [0, 0.1) is 0 Å². The summed E-state index contributed by atoms with van der Waals surface area (Å²) in [6.07, 6.45) is 1.51. The van der Waals surface area contributed by atoms with Crippen LogP contribution in [0.15, 0.2) is 23.7 Å². The molecule has 0 aliphatic carbocycles. The molecule has 21 heavy (non-hydrogen) atoms. The van der Waals surface area contributed by atoms with Gasteiger partial charge in [0.25, 0.3) is 5.91 Å². The molecular weight excluding hydrogens is 288 g/mol. The second-order valence-corrected chi connectivity index (χ2v) is 5.83. The Morgan fingerprint density at radius 1 is 1.48 bits per heavy atom. The van der Waals surface area contributed by atoms with Crippen LogP contribution in [0.25, 0.3) is 10.2 Å². The van der Waals surface area contributed by atoms with E-state index in [2.05, 4.69) is 4.98 Å². The normalized spacial score (nSPS) is 18.1. The van der Waals surface area contributed by atoms with E-state index < -0.39 is 6.04 Å². The van der Waals surface area contributed by atoms with E-state index >= 15 is 0 Å². The van der Waals surface area contributed by atoms with E-state index in [0.29, 0.717) is 25.1 Å². The third kappa shape index (κ3) is 2.63. The summed E-state index contributed by atoms with van der Waals surface area (Å²) in [4.78, 5) is 30.4. The molecule has 110 valence electrons. The number of carbonyl (C=O) groups is 2. The molecule has 1 aromatic carbocycles. The third-order valence-corrected chi connectivity index (χ3v) is 4.44. The number of esters is 1. The van der Waals surface area contributed by atoms with E-state index in [0.717, 1.165) is 16.6 Å². The molecule has 1 saturated heterocycles. The first-order valence-corrected chi connectivity index (χ1v) is 7.89. The van der Waals surface area contributed by atoms with Gasteiger partial charge in [-0.05, 0) is 38.0 Å². The van der Waals surface area contributed by atoms with Crippen molar-refractivity contribution in [3.8, 4) is 0 Å². The standard InChI is InChI=1S/C15H16N2O3S/c1-2-20-15(19)12-4-3-7-17(12)14(18)10-5-6-11-13(8-10)21-9-16-11/h5-6,8-9,12H,2-4,7H2,1H3. The Kier molecular flexibility index (Phi) is 3.88. The van der Waals surface area contributed by atoms with Crippen molar-refractivity contribution in [2.24, 2.45) is 0 Å². The van der Waals surface area contributed by atoms with Gasteiger partial charge in [0.1, 0.15) is 6.04 Å². The van der Waals surface area contributed by atoms with Crippen LogP contribution in [-0.4, -0.2) is 41.0 Å². The number of ether oxygens (including phenoxy) is 1. The van der Waals surface area contributed by atoms with Gasteiger partial charge < -0.3 is 9.64 Å². The molecule has 1 aliphatic rings. The maximum Gasteiger partial charge on any atom is 0.328 e. The lowest BCUT2D eigenvalue weighted by molar-refractivity contribution is -0.147. The molecule has 2 aromatic rings. The Balaban J connectivity index is 1.84. The van der Waals surface area contributed by atoms with Gasteiger partial charge >= 0.3 is 5.97 Å². The number of likely N-dealkylation sites (tertiary alicyclic amines) is 1. The number of benzene rings is 1. The van der Waals surface area contributed by atoms with E-state index in [9.17, 15) is 9.59 Å². The average molecular weight is 304 g/mol. The molecule has 1 atom stereocenters. The number of hydrogen-bond donors (Lipinski definition) is 0. The van der Waals surface area contributed by atoms with Crippen LogP contribution >= 0.6 is 11.3 Å². The van der Waals surface area contributed by atoms with Gasteiger partial charge in [0, 0.05) is 12.1 Å². The summed E-state index contributed by atoms with van der Waals surface area (Å²) in [5.41, 5.74) is 3.25. The largest absolute Gasteiger partial charge is 0.464 e. The number of hydrogen-bond acceptors (Lipinski definition) is 5. The summed E-state index contributed by atoms with van der Waals surface area (Å²) < 4.78 is 6.04. The van der Waals surface area contributed by atoms with Gasteiger partial charge in [-0.1, -0.05) is 0 Å². The van der Waals surface area contributed by atoms with Crippen LogP contribution in [0.2, 0.25) is 0 Å². The zero-order valence-electron chi connectivity index (χ0n) is 11.7. The highest BCUT2D eigenvalue weighted by atomic mass is 32.1.